The van der Waals surface area contributed by atoms with Gasteiger partial charge in [0.2, 0.25) is 0 Å². The van der Waals surface area contributed by atoms with E-state index in [-0.39, 0.29) is 11.5 Å². The lowest BCUT2D eigenvalue weighted by Crippen LogP contribution is -2.22. The van der Waals surface area contributed by atoms with E-state index in [4.69, 9.17) is 25.8 Å². The molecule has 5 heteroatoms. The van der Waals surface area contributed by atoms with E-state index in [1.54, 1.807) is 7.11 Å². The van der Waals surface area contributed by atoms with Crippen LogP contribution in [0.1, 0.15) is 12.0 Å². The van der Waals surface area contributed by atoms with E-state index in [1.165, 1.54) is 0 Å². The van der Waals surface area contributed by atoms with Crippen LogP contribution in [-0.2, 0) is 15.9 Å². The summed E-state index contributed by atoms with van der Waals surface area (Å²) in [6.07, 6.45) is 1.41. The molecule has 0 N–H and O–H groups in total. The summed E-state index contributed by atoms with van der Waals surface area (Å²) >= 11 is 10.7. The molecule has 0 radical (unpaired) electrons. The molecule has 100 valence electrons. The number of benzene rings is 1. The molecule has 1 saturated heterocycles. The van der Waals surface area contributed by atoms with Gasteiger partial charge in [0.25, 0.3) is 0 Å². The first-order valence-electron chi connectivity index (χ1n) is 5.95. The van der Waals surface area contributed by atoms with Crippen LogP contribution in [0.5, 0.6) is 5.75 Å². The first kappa shape index (κ1) is 14.0. The standard InChI is InChI=1S/C13H17ClO3S/c1-15-11-4-2-3-10(14)9(11)5-6-12(18)13-16-7-8-17-13/h2-4,12-13,18H,5-8H2,1H3. The molecule has 0 bridgehead atoms. The van der Waals surface area contributed by atoms with Crippen LogP contribution in [0.2, 0.25) is 5.02 Å². The minimum Gasteiger partial charge on any atom is -0.496 e. The van der Waals surface area contributed by atoms with Gasteiger partial charge < -0.3 is 14.2 Å². The van der Waals surface area contributed by atoms with Gasteiger partial charge in [-0.25, -0.2) is 0 Å². The number of ether oxygens (including phenoxy) is 3. The number of halogens is 1. The lowest BCUT2D eigenvalue weighted by atomic mass is 10.1. The molecule has 3 nitrogen and oxygen atoms in total. The normalized spacial score (nSPS) is 17.9. The maximum atomic E-state index is 6.18. The molecule has 18 heavy (non-hydrogen) atoms. The summed E-state index contributed by atoms with van der Waals surface area (Å²) in [5, 5.41) is 0.775. The highest BCUT2D eigenvalue weighted by Crippen LogP contribution is 2.29. The van der Waals surface area contributed by atoms with E-state index in [0.717, 1.165) is 29.2 Å². The van der Waals surface area contributed by atoms with Crippen molar-refractivity contribution in [2.45, 2.75) is 24.4 Å². The van der Waals surface area contributed by atoms with Crippen LogP contribution in [0, 0.1) is 0 Å². The highest BCUT2D eigenvalue weighted by atomic mass is 35.5. The molecule has 1 unspecified atom stereocenters. The maximum Gasteiger partial charge on any atom is 0.169 e. The Morgan fingerprint density at radius 2 is 2.17 bits per heavy atom. The molecule has 1 aliphatic heterocycles. The van der Waals surface area contributed by atoms with Gasteiger partial charge in [0.05, 0.1) is 25.6 Å². The summed E-state index contributed by atoms with van der Waals surface area (Å²) in [5.74, 6) is 0.816. The predicted molar refractivity (Wildman–Crippen MR) is 74.8 cm³/mol. The minimum absolute atomic E-state index is 0.0495. The van der Waals surface area contributed by atoms with E-state index in [2.05, 4.69) is 12.6 Å². The third kappa shape index (κ3) is 3.32. The van der Waals surface area contributed by atoms with Crippen LogP contribution in [0.25, 0.3) is 0 Å². The van der Waals surface area contributed by atoms with Gasteiger partial charge in [-0.1, -0.05) is 17.7 Å². The number of hydrogen-bond donors (Lipinski definition) is 1. The molecule has 0 amide bonds. The Labute approximate surface area is 118 Å². The van der Waals surface area contributed by atoms with Crippen molar-refractivity contribution < 1.29 is 14.2 Å². The average molecular weight is 289 g/mol. The van der Waals surface area contributed by atoms with Gasteiger partial charge >= 0.3 is 0 Å². The Bertz CT molecular complexity index is 394. The zero-order valence-electron chi connectivity index (χ0n) is 10.3. The zero-order chi connectivity index (χ0) is 13.0. The molecule has 0 saturated carbocycles. The van der Waals surface area contributed by atoms with E-state index in [1.807, 2.05) is 18.2 Å². The Morgan fingerprint density at radius 3 is 2.83 bits per heavy atom. The van der Waals surface area contributed by atoms with Gasteiger partial charge in [-0.05, 0) is 25.0 Å². The van der Waals surface area contributed by atoms with Gasteiger partial charge in [-0.15, -0.1) is 0 Å². The van der Waals surface area contributed by atoms with Crippen molar-refractivity contribution >= 4 is 24.2 Å². The predicted octanol–water partition coefficient (Wildman–Crippen LogP) is 2.95. The second-order valence-corrected chi connectivity index (χ2v) is 5.21. The molecule has 1 aliphatic rings. The molecular weight excluding hydrogens is 272 g/mol. The monoisotopic (exact) mass is 288 g/mol. The number of methoxy groups -OCH3 is 1. The number of hydrogen-bond acceptors (Lipinski definition) is 4. The van der Waals surface area contributed by atoms with Crippen molar-refractivity contribution in [2.75, 3.05) is 20.3 Å². The SMILES string of the molecule is COc1cccc(Cl)c1CCC(S)C1OCCO1. The molecule has 1 heterocycles. The summed E-state index contributed by atoms with van der Waals surface area (Å²) in [6.45, 7) is 1.30. The maximum absolute atomic E-state index is 6.18. The fourth-order valence-electron chi connectivity index (χ4n) is 2.00. The second-order valence-electron chi connectivity index (χ2n) is 4.14. The summed E-state index contributed by atoms with van der Waals surface area (Å²) < 4.78 is 16.2. The summed E-state index contributed by atoms with van der Waals surface area (Å²) in [5.41, 5.74) is 1.01. The van der Waals surface area contributed by atoms with Gasteiger partial charge in [0.15, 0.2) is 6.29 Å². The smallest absolute Gasteiger partial charge is 0.169 e. The van der Waals surface area contributed by atoms with E-state index >= 15 is 0 Å². The quantitative estimate of drug-likeness (QED) is 0.844. The molecule has 2 rings (SSSR count). The van der Waals surface area contributed by atoms with Crippen LogP contribution in [0.15, 0.2) is 18.2 Å². The zero-order valence-corrected chi connectivity index (χ0v) is 11.9. The fourth-order valence-corrected chi connectivity index (χ4v) is 2.56. The molecule has 1 aromatic carbocycles. The number of thiol groups is 1. The van der Waals surface area contributed by atoms with Crippen molar-refractivity contribution in [1.29, 1.82) is 0 Å². The van der Waals surface area contributed by atoms with Crippen molar-refractivity contribution in [3.05, 3.63) is 28.8 Å². The molecule has 1 fully saturated rings. The highest BCUT2D eigenvalue weighted by Gasteiger charge is 2.24. The lowest BCUT2D eigenvalue weighted by Gasteiger charge is -2.18. The molecule has 0 aliphatic carbocycles. The van der Waals surface area contributed by atoms with Gasteiger partial charge in [0, 0.05) is 10.6 Å². The van der Waals surface area contributed by atoms with Crippen molar-refractivity contribution in [3.63, 3.8) is 0 Å². The summed E-state index contributed by atoms with van der Waals surface area (Å²) in [7, 11) is 1.65. The van der Waals surface area contributed by atoms with Gasteiger partial charge in [0.1, 0.15) is 5.75 Å². The molecule has 1 aromatic rings. The lowest BCUT2D eigenvalue weighted by molar-refractivity contribution is -0.0423. The first-order valence-corrected chi connectivity index (χ1v) is 6.84. The van der Waals surface area contributed by atoms with Gasteiger partial charge in [-0.2, -0.15) is 12.6 Å². The molecule has 0 spiro atoms. The fraction of sp³-hybridized carbons (Fsp3) is 0.538. The van der Waals surface area contributed by atoms with Crippen LogP contribution >= 0.6 is 24.2 Å². The summed E-state index contributed by atoms with van der Waals surface area (Å²) in [6, 6.07) is 5.67. The summed E-state index contributed by atoms with van der Waals surface area (Å²) in [4.78, 5) is 0. The van der Waals surface area contributed by atoms with Crippen LogP contribution in [0.3, 0.4) is 0 Å². The van der Waals surface area contributed by atoms with E-state index < -0.39 is 0 Å². The van der Waals surface area contributed by atoms with Crippen LogP contribution < -0.4 is 4.74 Å². The molecular formula is C13H17ClO3S. The molecule has 1 atom stereocenters. The second kappa shape index (κ2) is 6.66. The average Bonchev–Trinajstić information content (AvgIpc) is 2.90. The first-order chi connectivity index (χ1) is 8.72. The topological polar surface area (TPSA) is 27.7 Å². The van der Waals surface area contributed by atoms with E-state index in [9.17, 15) is 0 Å². The minimum atomic E-state index is -0.207. The third-order valence-corrected chi connectivity index (χ3v) is 3.80. The largest absolute Gasteiger partial charge is 0.496 e. The highest BCUT2D eigenvalue weighted by molar-refractivity contribution is 7.81. The number of rotatable bonds is 5. The van der Waals surface area contributed by atoms with Crippen molar-refractivity contribution in [2.24, 2.45) is 0 Å². The Balaban J connectivity index is 1.96. The Hall–Kier alpha value is -0.420. The van der Waals surface area contributed by atoms with Crippen molar-refractivity contribution in [1.82, 2.24) is 0 Å². The van der Waals surface area contributed by atoms with Crippen molar-refractivity contribution in [3.8, 4) is 5.75 Å². The Kier molecular flexibility index (Phi) is 5.18. The van der Waals surface area contributed by atoms with Gasteiger partial charge in [-0.3, -0.25) is 0 Å². The Morgan fingerprint density at radius 1 is 1.44 bits per heavy atom. The van der Waals surface area contributed by atoms with Crippen LogP contribution in [0.4, 0.5) is 0 Å². The van der Waals surface area contributed by atoms with Crippen LogP contribution in [-0.4, -0.2) is 31.9 Å². The third-order valence-electron chi connectivity index (χ3n) is 2.95. The molecule has 0 aromatic heterocycles. The van der Waals surface area contributed by atoms with E-state index in [0.29, 0.717) is 13.2 Å².